The molecule has 1 aromatic carbocycles. The van der Waals surface area contributed by atoms with E-state index in [4.69, 9.17) is 5.73 Å². The molecule has 0 aliphatic carbocycles. The minimum Gasteiger partial charge on any atom is -0.398 e. The highest BCUT2D eigenvalue weighted by Crippen LogP contribution is 2.39. The third kappa shape index (κ3) is 5.33. The molecular formula is C19H21F6N5. The Labute approximate surface area is 169 Å². The molecule has 2 rings (SSSR count). The average Bonchev–Trinajstić information content (AvgIpc) is 2.68. The Kier molecular flexibility index (Phi) is 7.16. The number of hydrogen-bond donors (Lipinski definition) is 3. The first-order chi connectivity index (χ1) is 14.0. The number of anilines is 4. The molecule has 164 valence electrons. The lowest BCUT2D eigenvalue weighted by atomic mass is 10.0. The zero-order chi connectivity index (χ0) is 22.5. The van der Waals surface area contributed by atoms with Crippen molar-refractivity contribution in [1.29, 1.82) is 0 Å². The van der Waals surface area contributed by atoms with Crippen molar-refractivity contribution in [3.05, 3.63) is 41.1 Å². The zero-order valence-electron chi connectivity index (χ0n) is 16.2. The number of nitrogens with one attached hydrogen (secondary N) is 2. The van der Waals surface area contributed by atoms with Gasteiger partial charge in [-0.25, -0.2) is 9.37 Å². The van der Waals surface area contributed by atoms with E-state index in [2.05, 4.69) is 20.6 Å². The second-order valence-electron chi connectivity index (χ2n) is 6.38. The topological polar surface area (TPSA) is 75.9 Å². The number of hydrogen-bond acceptors (Lipinski definition) is 5. The summed E-state index contributed by atoms with van der Waals surface area (Å²) >= 11 is 0. The van der Waals surface area contributed by atoms with Crippen molar-refractivity contribution in [3.63, 3.8) is 0 Å². The maximum Gasteiger partial charge on any atom is 0.418 e. The average molecular weight is 433 g/mol. The Morgan fingerprint density at radius 1 is 1.13 bits per heavy atom. The molecular weight excluding hydrogens is 412 g/mol. The van der Waals surface area contributed by atoms with Gasteiger partial charge in [-0.15, -0.1) is 0 Å². The van der Waals surface area contributed by atoms with Crippen LogP contribution >= 0.6 is 0 Å². The van der Waals surface area contributed by atoms with E-state index in [0.717, 1.165) is 18.6 Å². The van der Waals surface area contributed by atoms with E-state index in [-0.39, 0.29) is 11.3 Å². The largest absolute Gasteiger partial charge is 0.418 e. The van der Waals surface area contributed by atoms with E-state index in [1.54, 1.807) is 6.08 Å². The number of unbranched alkanes of at least 4 members (excludes halogenated alkanes) is 1. The van der Waals surface area contributed by atoms with E-state index in [9.17, 15) is 26.3 Å². The predicted octanol–water partition coefficient (Wildman–Crippen LogP) is 5.74. The molecule has 1 aromatic heterocycles. The Morgan fingerprint density at radius 2 is 1.83 bits per heavy atom. The molecule has 5 nitrogen and oxygen atoms in total. The van der Waals surface area contributed by atoms with Gasteiger partial charge in [0.2, 0.25) is 5.95 Å². The zero-order valence-corrected chi connectivity index (χ0v) is 16.2. The summed E-state index contributed by atoms with van der Waals surface area (Å²) in [7, 11) is 1.26. The summed E-state index contributed by atoms with van der Waals surface area (Å²) in [6.45, 7) is -0.0460. The molecule has 0 bridgehead atoms. The van der Waals surface area contributed by atoms with Gasteiger partial charge in [0.25, 0.3) is 0 Å². The van der Waals surface area contributed by atoms with Crippen molar-refractivity contribution in [2.24, 2.45) is 0 Å². The minimum absolute atomic E-state index is 0.0762. The van der Waals surface area contributed by atoms with Crippen molar-refractivity contribution in [2.75, 3.05) is 30.1 Å². The lowest BCUT2D eigenvalue weighted by Gasteiger charge is -2.18. The second-order valence-corrected chi connectivity index (χ2v) is 6.38. The molecule has 0 atom stereocenters. The van der Waals surface area contributed by atoms with Crippen LogP contribution in [0.3, 0.4) is 0 Å². The summed E-state index contributed by atoms with van der Waals surface area (Å²) in [5.74, 6) is -4.65. The number of nitrogens with zero attached hydrogens (tertiary/aromatic N) is 2. The lowest BCUT2D eigenvalue weighted by Crippen LogP contribution is -2.20. The molecule has 0 saturated carbocycles. The highest BCUT2D eigenvalue weighted by atomic mass is 19.4. The molecule has 0 aliphatic rings. The Bertz CT molecular complexity index is 911. The summed E-state index contributed by atoms with van der Waals surface area (Å²) in [6, 6.07) is 1.95. The van der Waals surface area contributed by atoms with Crippen LogP contribution in [0.1, 0.15) is 36.5 Å². The van der Waals surface area contributed by atoms with Gasteiger partial charge in [0.05, 0.1) is 16.8 Å². The minimum atomic E-state index is -4.73. The highest BCUT2D eigenvalue weighted by molar-refractivity contribution is 5.74. The lowest BCUT2D eigenvalue weighted by molar-refractivity contribution is -0.136. The van der Waals surface area contributed by atoms with Crippen LogP contribution in [0.2, 0.25) is 0 Å². The molecule has 0 amide bonds. The van der Waals surface area contributed by atoms with Crippen LogP contribution in [-0.2, 0) is 12.1 Å². The Balaban J connectivity index is 2.48. The molecule has 0 radical (unpaired) electrons. The molecule has 4 N–H and O–H groups in total. The number of halogens is 6. The summed E-state index contributed by atoms with van der Waals surface area (Å²) in [5.41, 5.74) is 3.85. The number of alkyl halides is 6. The summed E-state index contributed by atoms with van der Waals surface area (Å²) in [5, 5.41) is 4.72. The van der Waals surface area contributed by atoms with Gasteiger partial charge in [0.15, 0.2) is 6.67 Å². The first-order valence-electron chi connectivity index (χ1n) is 8.96. The fourth-order valence-electron chi connectivity index (χ4n) is 2.59. The summed E-state index contributed by atoms with van der Waals surface area (Å²) < 4.78 is 80.6. The van der Waals surface area contributed by atoms with Gasteiger partial charge in [-0.05, 0) is 24.1 Å². The van der Waals surface area contributed by atoms with Crippen LogP contribution in [0.5, 0.6) is 0 Å². The van der Waals surface area contributed by atoms with Gasteiger partial charge in [0.1, 0.15) is 5.82 Å². The van der Waals surface area contributed by atoms with E-state index >= 15 is 0 Å². The number of aromatic nitrogens is 2. The van der Waals surface area contributed by atoms with Gasteiger partial charge in [-0.1, -0.05) is 25.5 Å². The van der Waals surface area contributed by atoms with E-state index < -0.39 is 47.4 Å². The molecule has 2 aromatic rings. The van der Waals surface area contributed by atoms with E-state index in [0.29, 0.717) is 12.6 Å². The van der Waals surface area contributed by atoms with Crippen molar-refractivity contribution < 1.29 is 26.3 Å². The van der Waals surface area contributed by atoms with Gasteiger partial charge in [-0.2, -0.15) is 26.9 Å². The monoisotopic (exact) mass is 433 g/mol. The maximum atomic E-state index is 13.6. The quantitative estimate of drug-likeness (QED) is 0.366. The first-order valence-corrected chi connectivity index (χ1v) is 8.96. The molecule has 0 fully saturated rings. The van der Waals surface area contributed by atoms with Gasteiger partial charge in [0, 0.05) is 18.9 Å². The SMILES string of the molecule is CCC/C=C\c1cc(C(F)(F)F)c(Nc2ncc(C(F)(F)CF)c(NC)n2)cc1N. The third-order valence-electron chi connectivity index (χ3n) is 4.12. The van der Waals surface area contributed by atoms with Crippen molar-refractivity contribution >= 4 is 29.2 Å². The predicted molar refractivity (Wildman–Crippen MR) is 105 cm³/mol. The maximum absolute atomic E-state index is 13.6. The molecule has 0 saturated heterocycles. The third-order valence-corrected chi connectivity index (χ3v) is 4.12. The smallest absolute Gasteiger partial charge is 0.398 e. The number of nitrogens with two attached hydrogens (primary N) is 1. The fraction of sp³-hybridized carbons (Fsp3) is 0.368. The van der Waals surface area contributed by atoms with Crippen LogP contribution in [-0.4, -0.2) is 23.7 Å². The summed E-state index contributed by atoms with van der Waals surface area (Å²) in [4.78, 5) is 7.34. The molecule has 1 heterocycles. The number of benzene rings is 1. The van der Waals surface area contributed by atoms with Gasteiger partial charge < -0.3 is 16.4 Å². The van der Waals surface area contributed by atoms with Crippen molar-refractivity contribution in [2.45, 2.75) is 31.9 Å². The van der Waals surface area contributed by atoms with Crippen LogP contribution in [0.15, 0.2) is 24.4 Å². The number of allylic oxidation sites excluding steroid dienone is 1. The van der Waals surface area contributed by atoms with E-state index in [1.165, 1.54) is 13.1 Å². The number of nitrogen functional groups attached to an aromatic ring is 1. The van der Waals surface area contributed by atoms with Crippen LogP contribution < -0.4 is 16.4 Å². The van der Waals surface area contributed by atoms with Crippen molar-refractivity contribution in [3.8, 4) is 0 Å². The second kappa shape index (κ2) is 9.23. The first kappa shape index (κ1) is 23.3. The molecule has 30 heavy (non-hydrogen) atoms. The van der Waals surface area contributed by atoms with Crippen LogP contribution in [0, 0.1) is 0 Å². The molecule has 0 spiro atoms. The van der Waals surface area contributed by atoms with E-state index in [1.807, 2.05) is 6.92 Å². The van der Waals surface area contributed by atoms with Crippen molar-refractivity contribution in [1.82, 2.24) is 9.97 Å². The standard InChI is InChI=1S/C19H21F6N5/c1-3-4-5-6-11-7-12(19(23,24)25)15(8-14(11)26)29-17-28-9-13(16(27-2)30-17)18(21,22)10-20/h5-9H,3-4,10,26H2,1-2H3,(H2,27,28,29,30)/b6-5-. The Hall–Kier alpha value is -2.98. The molecule has 0 aliphatic heterocycles. The normalized spacial score (nSPS) is 12.4. The molecule has 11 heteroatoms. The Morgan fingerprint density at radius 3 is 2.40 bits per heavy atom. The number of rotatable bonds is 8. The summed E-state index contributed by atoms with van der Waals surface area (Å²) in [6.07, 6.45) is 0.643. The highest BCUT2D eigenvalue weighted by Gasteiger charge is 2.36. The van der Waals surface area contributed by atoms with Gasteiger partial charge in [-0.3, -0.25) is 0 Å². The van der Waals surface area contributed by atoms with Crippen LogP contribution in [0.25, 0.3) is 6.08 Å². The fourth-order valence-corrected chi connectivity index (χ4v) is 2.59. The molecule has 0 unspecified atom stereocenters. The van der Waals surface area contributed by atoms with Gasteiger partial charge >= 0.3 is 12.1 Å². The van der Waals surface area contributed by atoms with Crippen LogP contribution in [0.4, 0.5) is 49.5 Å².